The SMILES string of the molecule is COCCO/N=C1\c2cc(O[C@H]3CC[C@H](N)CC3)ccc2-c2ncnc(N)c2C1(C)C. The molecule has 0 unspecified atom stereocenters. The van der Waals surface area contributed by atoms with Gasteiger partial charge >= 0.3 is 0 Å². The predicted molar refractivity (Wildman–Crippen MR) is 120 cm³/mol. The lowest BCUT2D eigenvalue weighted by Gasteiger charge is -2.35. The number of fused-ring (bicyclic) bond motifs is 3. The molecule has 0 radical (unpaired) electrons. The summed E-state index contributed by atoms with van der Waals surface area (Å²) in [5.41, 5.74) is 16.1. The fraction of sp³-hybridized carbons (Fsp3) is 0.522. The van der Waals surface area contributed by atoms with Crippen molar-refractivity contribution in [3.05, 3.63) is 35.7 Å². The lowest BCUT2D eigenvalue weighted by Crippen LogP contribution is -2.36. The molecule has 2 aromatic rings. The monoisotopic (exact) mass is 425 g/mol. The normalized spacial score (nSPS) is 23.2. The quantitative estimate of drug-likeness (QED) is 0.539. The Morgan fingerprint density at radius 1 is 1.10 bits per heavy atom. The molecule has 0 aliphatic heterocycles. The third kappa shape index (κ3) is 4.22. The molecule has 1 heterocycles. The van der Waals surface area contributed by atoms with E-state index in [4.69, 9.17) is 25.8 Å². The summed E-state index contributed by atoms with van der Waals surface area (Å²) in [7, 11) is 1.63. The Bertz CT molecular complexity index is 968. The lowest BCUT2D eigenvalue weighted by atomic mass is 9.70. The standard InChI is InChI=1S/C23H31N5O3/c1-23(2)19-20(26-13-27-22(19)25)17-9-8-16(31-15-6-4-14(24)5-7-15)12-18(17)21(23)28-30-11-10-29-3/h8-9,12-15H,4-7,10-11,24H2,1-3H3,(H2,25,26,27)/b28-21+/t14-,15-. The highest BCUT2D eigenvalue weighted by molar-refractivity contribution is 6.15. The van der Waals surface area contributed by atoms with Crippen LogP contribution in [0.15, 0.2) is 29.7 Å². The molecule has 0 bridgehead atoms. The van der Waals surface area contributed by atoms with Gasteiger partial charge in [0.05, 0.1) is 24.1 Å². The first-order valence-electron chi connectivity index (χ1n) is 10.8. The van der Waals surface area contributed by atoms with Gasteiger partial charge in [-0.3, -0.25) is 0 Å². The highest BCUT2D eigenvalue weighted by Crippen LogP contribution is 2.45. The number of ether oxygens (including phenoxy) is 2. The third-order valence-corrected chi connectivity index (χ3v) is 6.15. The molecule has 2 aliphatic carbocycles. The average Bonchev–Trinajstić information content (AvgIpc) is 2.74. The zero-order chi connectivity index (χ0) is 22.0. The van der Waals surface area contributed by atoms with E-state index in [0.717, 1.165) is 59.5 Å². The molecule has 2 aliphatic rings. The van der Waals surface area contributed by atoms with Gasteiger partial charge < -0.3 is 25.8 Å². The number of oxime groups is 1. The summed E-state index contributed by atoms with van der Waals surface area (Å²) in [5, 5.41) is 4.51. The first-order valence-corrected chi connectivity index (χ1v) is 10.8. The van der Waals surface area contributed by atoms with Crippen LogP contribution in [0, 0.1) is 0 Å². The number of hydrogen-bond donors (Lipinski definition) is 2. The Balaban J connectivity index is 1.74. The van der Waals surface area contributed by atoms with E-state index >= 15 is 0 Å². The van der Waals surface area contributed by atoms with Gasteiger partial charge in [-0.1, -0.05) is 5.16 Å². The number of aromatic nitrogens is 2. The van der Waals surface area contributed by atoms with Crippen LogP contribution in [0.5, 0.6) is 5.75 Å². The van der Waals surface area contributed by atoms with Gasteiger partial charge in [0.2, 0.25) is 0 Å². The molecule has 4 rings (SSSR count). The van der Waals surface area contributed by atoms with Crippen LogP contribution in [0.25, 0.3) is 11.3 Å². The molecule has 0 amide bonds. The third-order valence-electron chi connectivity index (χ3n) is 6.15. The van der Waals surface area contributed by atoms with Crippen LogP contribution in [0.3, 0.4) is 0 Å². The zero-order valence-corrected chi connectivity index (χ0v) is 18.4. The maximum atomic E-state index is 6.31. The van der Waals surface area contributed by atoms with Crippen molar-refractivity contribution in [1.29, 1.82) is 0 Å². The van der Waals surface area contributed by atoms with E-state index in [-0.39, 0.29) is 12.1 Å². The van der Waals surface area contributed by atoms with E-state index in [0.29, 0.717) is 19.0 Å². The molecule has 1 saturated carbocycles. The molecule has 0 atom stereocenters. The molecule has 0 spiro atoms. The summed E-state index contributed by atoms with van der Waals surface area (Å²) in [5.74, 6) is 1.26. The molecule has 1 fully saturated rings. The molecule has 31 heavy (non-hydrogen) atoms. The van der Waals surface area contributed by atoms with Crippen molar-refractivity contribution in [1.82, 2.24) is 9.97 Å². The summed E-state index contributed by atoms with van der Waals surface area (Å²) in [4.78, 5) is 14.4. The minimum absolute atomic E-state index is 0.179. The van der Waals surface area contributed by atoms with Crippen molar-refractivity contribution in [2.24, 2.45) is 10.9 Å². The van der Waals surface area contributed by atoms with Crippen molar-refractivity contribution in [3.8, 4) is 17.0 Å². The van der Waals surface area contributed by atoms with Gasteiger partial charge in [-0.2, -0.15) is 0 Å². The summed E-state index contributed by atoms with van der Waals surface area (Å²) in [6, 6.07) is 6.32. The lowest BCUT2D eigenvalue weighted by molar-refractivity contribution is 0.0743. The second-order valence-corrected chi connectivity index (χ2v) is 8.74. The highest BCUT2D eigenvalue weighted by atomic mass is 16.6. The Morgan fingerprint density at radius 2 is 1.87 bits per heavy atom. The van der Waals surface area contributed by atoms with Crippen molar-refractivity contribution in [2.75, 3.05) is 26.1 Å². The summed E-state index contributed by atoms with van der Waals surface area (Å²) >= 11 is 0. The molecule has 4 N–H and O–H groups in total. The van der Waals surface area contributed by atoms with Gasteiger partial charge in [0.1, 0.15) is 24.5 Å². The fourth-order valence-corrected chi connectivity index (χ4v) is 4.47. The first kappa shape index (κ1) is 21.5. The molecule has 1 aromatic carbocycles. The minimum atomic E-state index is -0.545. The molecular weight excluding hydrogens is 394 g/mol. The van der Waals surface area contributed by atoms with E-state index in [1.165, 1.54) is 6.33 Å². The van der Waals surface area contributed by atoms with Crippen LogP contribution in [-0.2, 0) is 15.0 Å². The fourth-order valence-electron chi connectivity index (χ4n) is 4.47. The smallest absolute Gasteiger partial charge is 0.140 e. The molecule has 8 nitrogen and oxygen atoms in total. The number of nitrogens with two attached hydrogens (primary N) is 2. The van der Waals surface area contributed by atoms with E-state index in [1.807, 2.05) is 18.2 Å². The topological polar surface area (TPSA) is 118 Å². The average molecular weight is 426 g/mol. The van der Waals surface area contributed by atoms with Gasteiger partial charge in [-0.25, -0.2) is 9.97 Å². The maximum absolute atomic E-state index is 6.31. The molecule has 0 saturated heterocycles. The number of hydrogen-bond acceptors (Lipinski definition) is 8. The van der Waals surface area contributed by atoms with E-state index in [1.54, 1.807) is 7.11 Å². The number of rotatable bonds is 6. The minimum Gasteiger partial charge on any atom is -0.490 e. The first-order chi connectivity index (χ1) is 14.9. The molecule has 166 valence electrons. The van der Waals surface area contributed by atoms with Crippen molar-refractivity contribution < 1.29 is 14.3 Å². The van der Waals surface area contributed by atoms with Crippen LogP contribution >= 0.6 is 0 Å². The van der Waals surface area contributed by atoms with Gasteiger partial charge in [0.25, 0.3) is 0 Å². The van der Waals surface area contributed by atoms with Crippen LogP contribution in [0.1, 0.15) is 50.7 Å². The van der Waals surface area contributed by atoms with Gasteiger partial charge in [-0.05, 0) is 57.7 Å². The van der Waals surface area contributed by atoms with Gasteiger partial charge in [0.15, 0.2) is 0 Å². The number of benzene rings is 1. The van der Waals surface area contributed by atoms with Crippen molar-refractivity contribution in [2.45, 2.75) is 57.1 Å². The maximum Gasteiger partial charge on any atom is 0.140 e. The largest absolute Gasteiger partial charge is 0.490 e. The molecular formula is C23H31N5O3. The summed E-state index contributed by atoms with van der Waals surface area (Å²) < 4.78 is 11.4. The van der Waals surface area contributed by atoms with E-state index in [9.17, 15) is 0 Å². The van der Waals surface area contributed by atoms with Crippen LogP contribution < -0.4 is 16.2 Å². The van der Waals surface area contributed by atoms with E-state index < -0.39 is 5.41 Å². The highest BCUT2D eigenvalue weighted by Gasteiger charge is 2.41. The number of anilines is 1. The Hall–Kier alpha value is -2.71. The zero-order valence-electron chi connectivity index (χ0n) is 18.4. The second-order valence-electron chi connectivity index (χ2n) is 8.74. The van der Waals surface area contributed by atoms with Crippen LogP contribution in [0.4, 0.5) is 5.82 Å². The predicted octanol–water partition coefficient (Wildman–Crippen LogP) is 3.03. The molecule has 1 aromatic heterocycles. The Labute approximate surface area is 183 Å². The number of methoxy groups -OCH3 is 1. The van der Waals surface area contributed by atoms with Crippen molar-refractivity contribution >= 4 is 11.5 Å². The van der Waals surface area contributed by atoms with Gasteiger partial charge in [0, 0.05) is 35.3 Å². The second kappa shape index (κ2) is 8.80. The Kier molecular flexibility index (Phi) is 6.11. The summed E-state index contributed by atoms with van der Waals surface area (Å²) in [6.45, 7) is 4.93. The Morgan fingerprint density at radius 3 is 2.61 bits per heavy atom. The molecule has 8 heteroatoms. The van der Waals surface area contributed by atoms with Crippen LogP contribution in [-0.4, -0.2) is 48.1 Å². The number of nitrogen functional groups attached to an aromatic ring is 1. The van der Waals surface area contributed by atoms with Crippen LogP contribution in [0.2, 0.25) is 0 Å². The van der Waals surface area contributed by atoms with E-state index in [2.05, 4.69) is 29.0 Å². The number of nitrogens with zero attached hydrogens (tertiary/aromatic N) is 3. The van der Waals surface area contributed by atoms with Gasteiger partial charge in [-0.15, -0.1) is 0 Å². The summed E-state index contributed by atoms with van der Waals surface area (Å²) in [6.07, 6.45) is 5.60. The van der Waals surface area contributed by atoms with Crippen molar-refractivity contribution in [3.63, 3.8) is 0 Å².